The molecule has 0 fully saturated rings. The molecule has 39 heavy (non-hydrogen) atoms. The van der Waals surface area contributed by atoms with E-state index >= 15 is 0 Å². The molecule has 3 aromatic carbocycles. The lowest BCUT2D eigenvalue weighted by molar-refractivity contribution is -0.139. The summed E-state index contributed by atoms with van der Waals surface area (Å²) in [5.74, 6) is -0.197. The fourth-order valence-electron chi connectivity index (χ4n) is 4.23. The van der Waals surface area contributed by atoms with Gasteiger partial charge < -0.3 is 29.6 Å². The van der Waals surface area contributed by atoms with Gasteiger partial charge >= 0.3 is 5.97 Å². The Hall–Kier alpha value is -4.30. The van der Waals surface area contributed by atoms with Crippen molar-refractivity contribution in [1.29, 1.82) is 0 Å². The Bertz CT molecular complexity index is 1190. The van der Waals surface area contributed by atoms with Crippen LogP contribution in [0.2, 0.25) is 0 Å². The van der Waals surface area contributed by atoms with Gasteiger partial charge in [0.25, 0.3) is 5.91 Å². The van der Waals surface area contributed by atoms with E-state index in [4.69, 9.17) is 19.4 Å². The highest BCUT2D eigenvalue weighted by Gasteiger charge is 2.21. The Kier molecular flexibility index (Phi) is 14.5. The van der Waals surface area contributed by atoms with Gasteiger partial charge in [0.1, 0.15) is 19.3 Å². The molecule has 1 aliphatic rings. The van der Waals surface area contributed by atoms with Gasteiger partial charge in [-0.15, -0.1) is 0 Å². The van der Waals surface area contributed by atoms with Crippen molar-refractivity contribution >= 4 is 25.5 Å². The number of nitrogens with one attached hydrogen (secondary N) is 1. The second-order valence-electron chi connectivity index (χ2n) is 8.89. The van der Waals surface area contributed by atoms with Crippen molar-refractivity contribution < 1.29 is 29.0 Å². The number of carboxylic acids is 1. The van der Waals surface area contributed by atoms with Crippen molar-refractivity contribution in [3.63, 3.8) is 0 Å². The molecule has 0 aromatic heterocycles. The van der Waals surface area contributed by atoms with Gasteiger partial charge in [0.2, 0.25) is 0 Å². The molecule has 3 aromatic rings. The number of carbonyl (C=O) groups excluding carboxylic acids is 3. The molecule has 0 unspecified atom stereocenters. The zero-order chi connectivity index (χ0) is 29.4. The fourth-order valence-corrected chi connectivity index (χ4v) is 4.23. The molecule has 2 N–H and O–H groups in total. The van der Waals surface area contributed by atoms with Crippen LogP contribution in [0.1, 0.15) is 45.9 Å². The van der Waals surface area contributed by atoms with Gasteiger partial charge in [-0.1, -0.05) is 54.1 Å². The van der Waals surface area contributed by atoms with E-state index in [1.807, 2.05) is 57.0 Å². The lowest BCUT2D eigenvalue weighted by Gasteiger charge is -2.26. The van der Waals surface area contributed by atoms with E-state index in [2.05, 4.69) is 42.6 Å². The minimum atomic E-state index is -0.941. The van der Waals surface area contributed by atoms with Crippen LogP contribution in [0, 0.1) is 6.92 Å². The SMILES string of the molecule is C=O.C=O.CN[C@@H]1CCCc2c(OCC(=O)O)cccc21.Cc1ccc(-c2cccc(C(=O)N(C)C)c2)cc1. The van der Waals surface area contributed by atoms with Crippen LogP contribution in [0.15, 0.2) is 66.7 Å². The molecule has 1 aliphatic carbocycles. The molecular weight excluding hydrogens is 496 g/mol. The zero-order valence-electron chi connectivity index (χ0n) is 23.1. The first-order chi connectivity index (χ1) is 18.8. The van der Waals surface area contributed by atoms with Crippen LogP contribution in [0.25, 0.3) is 11.1 Å². The summed E-state index contributed by atoms with van der Waals surface area (Å²) in [6.45, 7) is 5.79. The van der Waals surface area contributed by atoms with Crippen LogP contribution in [0.3, 0.4) is 0 Å². The summed E-state index contributed by atoms with van der Waals surface area (Å²) in [6.07, 6.45) is 3.18. The maximum Gasteiger partial charge on any atom is 0.341 e. The van der Waals surface area contributed by atoms with Crippen molar-refractivity contribution in [1.82, 2.24) is 10.2 Å². The summed E-state index contributed by atoms with van der Waals surface area (Å²) < 4.78 is 5.33. The minimum absolute atomic E-state index is 0.0314. The molecule has 0 saturated carbocycles. The van der Waals surface area contributed by atoms with E-state index in [0.29, 0.717) is 11.8 Å². The normalized spacial score (nSPS) is 13.0. The Morgan fingerprint density at radius 2 is 1.62 bits per heavy atom. The van der Waals surface area contributed by atoms with E-state index in [1.54, 1.807) is 19.0 Å². The molecule has 208 valence electrons. The Balaban J connectivity index is 0.000000347. The third kappa shape index (κ3) is 9.83. The third-order valence-corrected chi connectivity index (χ3v) is 6.06. The number of amides is 1. The van der Waals surface area contributed by atoms with E-state index < -0.39 is 5.97 Å². The van der Waals surface area contributed by atoms with Crippen molar-refractivity contribution in [2.45, 2.75) is 32.2 Å². The first-order valence-electron chi connectivity index (χ1n) is 12.4. The number of aliphatic carboxylic acids is 1. The Morgan fingerprint density at radius 3 is 2.21 bits per heavy atom. The van der Waals surface area contributed by atoms with Crippen molar-refractivity contribution in [2.75, 3.05) is 27.7 Å². The van der Waals surface area contributed by atoms with Gasteiger partial charge in [0.05, 0.1) is 0 Å². The first-order valence-corrected chi connectivity index (χ1v) is 12.4. The molecule has 0 aliphatic heterocycles. The molecular formula is C31H38N2O6. The summed E-state index contributed by atoms with van der Waals surface area (Å²) in [6, 6.07) is 22.3. The highest BCUT2D eigenvalue weighted by Crippen LogP contribution is 2.35. The number of hydrogen-bond acceptors (Lipinski definition) is 6. The highest BCUT2D eigenvalue weighted by molar-refractivity contribution is 5.95. The van der Waals surface area contributed by atoms with Gasteiger partial charge in [-0.2, -0.15) is 0 Å². The number of rotatable bonds is 6. The lowest BCUT2D eigenvalue weighted by atomic mass is 9.87. The molecule has 1 amide bonds. The average Bonchev–Trinajstić information content (AvgIpc) is 2.98. The number of ether oxygens (including phenoxy) is 1. The maximum atomic E-state index is 11.9. The molecule has 4 rings (SSSR count). The number of hydrogen-bond donors (Lipinski definition) is 2. The third-order valence-electron chi connectivity index (χ3n) is 6.06. The zero-order valence-corrected chi connectivity index (χ0v) is 23.1. The van der Waals surface area contributed by atoms with Crippen LogP contribution in [-0.4, -0.2) is 63.2 Å². The Morgan fingerprint density at radius 1 is 0.974 bits per heavy atom. The average molecular weight is 535 g/mol. The number of fused-ring (bicyclic) bond motifs is 1. The molecule has 1 atom stereocenters. The van der Waals surface area contributed by atoms with E-state index in [9.17, 15) is 9.59 Å². The second-order valence-corrected chi connectivity index (χ2v) is 8.89. The molecule has 8 nitrogen and oxygen atoms in total. The standard InChI is InChI=1S/C16H17NO.C13H17NO3.2CH2O/c1-12-7-9-13(10-8-12)14-5-4-6-15(11-14)16(18)17(2)3;1-14-11-6-2-5-10-9(11)4-3-7-12(10)17-8-13(15)16;2*1-2/h4-11H,1-3H3;3-4,7,11,14H,2,5-6,8H2,1H3,(H,15,16);2*1H2/t;11-;;/m.1../s1. The smallest absolute Gasteiger partial charge is 0.341 e. The van der Waals surface area contributed by atoms with Crippen LogP contribution in [0.5, 0.6) is 5.75 Å². The van der Waals surface area contributed by atoms with Crippen LogP contribution >= 0.6 is 0 Å². The fraction of sp³-hybridized carbons (Fsp3) is 0.290. The van der Waals surface area contributed by atoms with E-state index in [0.717, 1.165) is 41.5 Å². The van der Waals surface area contributed by atoms with Gasteiger partial charge in [-0.05, 0) is 73.7 Å². The summed E-state index contributed by atoms with van der Waals surface area (Å²) in [5.41, 5.74) is 6.55. The summed E-state index contributed by atoms with van der Waals surface area (Å²) in [5, 5.41) is 11.9. The quantitative estimate of drug-likeness (QED) is 0.470. The van der Waals surface area contributed by atoms with Gasteiger partial charge in [-0.25, -0.2) is 4.79 Å². The summed E-state index contributed by atoms with van der Waals surface area (Å²) in [4.78, 5) is 40.0. The second kappa shape index (κ2) is 17.3. The number of aryl methyl sites for hydroxylation is 1. The molecule has 0 bridgehead atoms. The van der Waals surface area contributed by atoms with Crippen LogP contribution < -0.4 is 10.1 Å². The molecule has 0 heterocycles. The number of carboxylic acid groups (broad SMARTS) is 1. The number of benzene rings is 3. The molecule has 0 spiro atoms. The topological polar surface area (TPSA) is 113 Å². The molecule has 8 heteroatoms. The van der Waals surface area contributed by atoms with Crippen molar-refractivity contribution in [3.05, 3.63) is 89.0 Å². The van der Waals surface area contributed by atoms with Crippen LogP contribution in [0.4, 0.5) is 0 Å². The number of carbonyl (C=O) groups is 4. The van der Waals surface area contributed by atoms with E-state index in [1.165, 1.54) is 11.1 Å². The number of nitrogens with zero attached hydrogens (tertiary/aromatic N) is 1. The maximum absolute atomic E-state index is 11.9. The lowest BCUT2D eigenvalue weighted by Crippen LogP contribution is -2.22. The Labute approximate surface area is 230 Å². The van der Waals surface area contributed by atoms with Crippen LogP contribution in [-0.2, 0) is 20.8 Å². The van der Waals surface area contributed by atoms with E-state index in [-0.39, 0.29) is 12.5 Å². The summed E-state index contributed by atoms with van der Waals surface area (Å²) in [7, 11) is 5.48. The monoisotopic (exact) mass is 534 g/mol. The van der Waals surface area contributed by atoms with Gasteiger partial charge in [0, 0.05) is 25.7 Å². The van der Waals surface area contributed by atoms with Crippen molar-refractivity contribution in [2.24, 2.45) is 0 Å². The molecule has 0 saturated heterocycles. The predicted octanol–water partition coefficient (Wildman–Crippen LogP) is 4.74. The summed E-state index contributed by atoms with van der Waals surface area (Å²) >= 11 is 0. The molecule has 0 radical (unpaired) electrons. The van der Waals surface area contributed by atoms with Gasteiger partial charge in [-0.3, -0.25) is 4.79 Å². The minimum Gasteiger partial charge on any atom is -0.482 e. The first kappa shape index (κ1) is 32.7. The largest absolute Gasteiger partial charge is 0.482 e. The highest BCUT2D eigenvalue weighted by atomic mass is 16.5. The predicted molar refractivity (Wildman–Crippen MR) is 153 cm³/mol. The van der Waals surface area contributed by atoms with Gasteiger partial charge in [0.15, 0.2) is 6.61 Å². The van der Waals surface area contributed by atoms with Crippen molar-refractivity contribution in [3.8, 4) is 16.9 Å².